The van der Waals surface area contributed by atoms with Crippen LogP contribution in [0.25, 0.3) is 0 Å². The Balaban J connectivity index is 1.81. The lowest BCUT2D eigenvalue weighted by Crippen LogP contribution is -2.54. The summed E-state index contributed by atoms with van der Waals surface area (Å²) >= 11 is 0. The van der Waals surface area contributed by atoms with E-state index in [-0.39, 0.29) is 35.6 Å². The third kappa shape index (κ3) is 8.92. The van der Waals surface area contributed by atoms with Crippen LogP contribution in [0.4, 0.5) is 5.69 Å². The van der Waals surface area contributed by atoms with Crippen LogP contribution in [0.3, 0.4) is 0 Å². The molecule has 0 fully saturated rings. The third-order valence-corrected chi connectivity index (χ3v) is 9.78. The van der Waals surface area contributed by atoms with Crippen LogP contribution >= 0.6 is 0 Å². The molecule has 0 aromatic heterocycles. The summed E-state index contributed by atoms with van der Waals surface area (Å²) in [6, 6.07) is 28.9. The molecule has 0 aliphatic heterocycles. The predicted molar refractivity (Wildman–Crippen MR) is 184 cm³/mol. The number of para-hydroxylation sites is 1. The number of nitrogens with zero attached hydrogens (tertiary/aromatic N) is 2. The molecular weight excluding hydrogens is 614 g/mol. The van der Waals surface area contributed by atoms with Gasteiger partial charge in [-0.15, -0.1) is 0 Å². The van der Waals surface area contributed by atoms with Crippen molar-refractivity contribution in [2.24, 2.45) is 0 Å². The highest BCUT2D eigenvalue weighted by molar-refractivity contribution is 7.92. The van der Waals surface area contributed by atoms with Crippen LogP contribution in [0.1, 0.15) is 37.0 Å². The third-order valence-electron chi connectivity index (χ3n) is 8.01. The fourth-order valence-electron chi connectivity index (χ4n) is 5.11. The van der Waals surface area contributed by atoms with Gasteiger partial charge in [0, 0.05) is 25.1 Å². The Labute approximate surface area is 278 Å². The van der Waals surface area contributed by atoms with E-state index in [4.69, 9.17) is 9.47 Å². The van der Waals surface area contributed by atoms with Gasteiger partial charge in [-0.25, -0.2) is 8.42 Å². The molecule has 0 unspecified atom stereocenters. The Kier molecular flexibility index (Phi) is 12.0. The SMILES string of the molecule is CC[C@@H](C)NC(=O)[C@@H](Cc1ccccc1)N(Cc1ccc(C)cc1)C(=O)CN(c1ccccc1)S(=O)(=O)c1ccc(OC)c(OC)c1. The Morgan fingerprint density at radius 1 is 0.809 bits per heavy atom. The monoisotopic (exact) mass is 657 g/mol. The van der Waals surface area contributed by atoms with Gasteiger partial charge < -0.3 is 19.7 Å². The summed E-state index contributed by atoms with van der Waals surface area (Å²) in [4.78, 5) is 30.0. The Bertz CT molecular complexity index is 1730. The number of anilines is 1. The van der Waals surface area contributed by atoms with Crippen molar-refractivity contribution < 1.29 is 27.5 Å². The van der Waals surface area contributed by atoms with Crippen molar-refractivity contribution in [2.45, 2.75) is 57.1 Å². The molecule has 2 atom stereocenters. The number of ether oxygens (including phenoxy) is 2. The highest BCUT2D eigenvalue weighted by Crippen LogP contribution is 2.32. The molecule has 0 bridgehead atoms. The number of sulfonamides is 1. The summed E-state index contributed by atoms with van der Waals surface area (Å²) in [5.41, 5.74) is 3.04. The van der Waals surface area contributed by atoms with Gasteiger partial charge in [0.15, 0.2) is 11.5 Å². The van der Waals surface area contributed by atoms with E-state index in [1.807, 2.05) is 75.4 Å². The number of carbonyl (C=O) groups is 2. The van der Waals surface area contributed by atoms with Crippen molar-refractivity contribution in [3.8, 4) is 11.5 Å². The van der Waals surface area contributed by atoms with Crippen LogP contribution in [-0.2, 0) is 32.6 Å². The largest absolute Gasteiger partial charge is 0.493 e. The average molecular weight is 658 g/mol. The van der Waals surface area contributed by atoms with Gasteiger partial charge in [-0.05, 0) is 55.7 Å². The summed E-state index contributed by atoms with van der Waals surface area (Å²) in [5, 5.41) is 3.05. The molecule has 47 heavy (non-hydrogen) atoms. The van der Waals surface area contributed by atoms with Gasteiger partial charge in [-0.3, -0.25) is 13.9 Å². The van der Waals surface area contributed by atoms with Gasteiger partial charge in [0.05, 0.1) is 24.8 Å². The van der Waals surface area contributed by atoms with Crippen LogP contribution in [0.2, 0.25) is 0 Å². The van der Waals surface area contributed by atoms with Crippen LogP contribution in [0.15, 0.2) is 108 Å². The normalized spacial score (nSPS) is 12.4. The van der Waals surface area contributed by atoms with E-state index in [9.17, 15) is 18.0 Å². The molecule has 10 heteroatoms. The molecule has 4 aromatic rings. The van der Waals surface area contributed by atoms with Crippen molar-refractivity contribution in [3.63, 3.8) is 0 Å². The zero-order valence-electron chi connectivity index (χ0n) is 27.6. The smallest absolute Gasteiger partial charge is 0.264 e. The van der Waals surface area contributed by atoms with Gasteiger partial charge in [0.2, 0.25) is 11.8 Å². The summed E-state index contributed by atoms with van der Waals surface area (Å²) < 4.78 is 40.4. The fourth-order valence-corrected chi connectivity index (χ4v) is 6.54. The van der Waals surface area contributed by atoms with Gasteiger partial charge in [-0.1, -0.05) is 85.3 Å². The minimum atomic E-state index is -4.30. The predicted octanol–water partition coefficient (Wildman–Crippen LogP) is 5.76. The summed E-state index contributed by atoms with van der Waals surface area (Å²) in [6.45, 7) is 5.42. The first-order chi connectivity index (χ1) is 22.6. The molecular formula is C37H43N3O6S. The number of hydrogen-bond acceptors (Lipinski definition) is 6. The molecule has 0 saturated carbocycles. The molecule has 0 heterocycles. The van der Waals surface area contributed by atoms with Gasteiger partial charge in [0.25, 0.3) is 10.0 Å². The second-order valence-corrected chi connectivity index (χ2v) is 13.3. The Morgan fingerprint density at radius 2 is 1.43 bits per heavy atom. The number of benzene rings is 4. The molecule has 0 aliphatic rings. The van der Waals surface area contributed by atoms with Crippen molar-refractivity contribution in [1.29, 1.82) is 0 Å². The Morgan fingerprint density at radius 3 is 2.02 bits per heavy atom. The maximum Gasteiger partial charge on any atom is 0.264 e. The first-order valence-corrected chi connectivity index (χ1v) is 17.0. The average Bonchev–Trinajstić information content (AvgIpc) is 3.09. The standard InChI is InChI=1S/C37H43N3O6S/c1-6-28(3)38-37(42)33(23-29-13-9-7-10-14-29)39(25-30-19-17-27(2)18-20-30)36(41)26-40(31-15-11-8-12-16-31)47(43,44)32-21-22-34(45-4)35(24-32)46-5/h7-22,24,28,33H,6,23,25-26H2,1-5H3,(H,38,42)/t28-,33-/m1/s1. The van der Waals surface area contributed by atoms with E-state index < -0.39 is 28.5 Å². The highest BCUT2D eigenvalue weighted by atomic mass is 32.2. The van der Waals surface area contributed by atoms with Crippen LogP contribution in [-0.4, -0.2) is 58.0 Å². The number of amides is 2. The highest BCUT2D eigenvalue weighted by Gasteiger charge is 2.35. The first kappa shape index (κ1) is 35.0. The quantitative estimate of drug-likeness (QED) is 0.174. The lowest BCUT2D eigenvalue weighted by atomic mass is 10.0. The minimum absolute atomic E-state index is 0.0766. The van der Waals surface area contributed by atoms with E-state index in [0.717, 1.165) is 21.0 Å². The molecule has 0 spiro atoms. The zero-order valence-corrected chi connectivity index (χ0v) is 28.4. The van der Waals surface area contributed by atoms with E-state index in [1.165, 1.54) is 37.3 Å². The summed E-state index contributed by atoms with van der Waals surface area (Å²) in [6.07, 6.45) is 0.954. The number of aryl methyl sites for hydroxylation is 1. The Hall–Kier alpha value is -4.83. The fraction of sp³-hybridized carbons (Fsp3) is 0.297. The van der Waals surface area contributed by atoms with Crippen molar-refractivity contribution in [2.75, 3.05) is 25.1 Å². The molecule has 0 aliphatic carbocycles. The molecule has 4 aromatic carbocycles. The maximum atomic E-state index is 14.6. The van der Waals surface area contributed by atoms with Gasteiger partial charge in [-0.2, -0.15) is 0 Å². The van der Waals surface area contributed by atoms with Crippen LogP contribution in [0.5, 0.6) is 11.5 Å². The zero-order chi connectivity index (χ0) is 34.0. The maximum absolute atomic E-state index is 14.6. The summed E-state index contributed by atoms with van der Waals surface area (Å²) in [7, 11) is -1.41. The van der Waals surface area contributed by atoms with E-state index in [1.54, 1.807) is 30.3 Å². The lowest BCUT2D eigenvalue weighted by molar-refractivity contribution is -0.140. The van der Waals surface area contributed by atoms with Gasteiger partial charge in [0.1, 0.15) is 12.6 Å². The van der Waals surface area contributed by atoms with Crippen LogP contribution in [0, 0.1) is 6.92 Å². The van der Waals surface area contributed by atoms with Gasteiger partial charge >= 0.3 is 0 Å². The second kappa shape index (κ2) is 16.1. The number of methoxy groups -OCH3 is 2. The molecule has 9 nitrogen and oxygen atoms in total. The number of rotatable bonds is 15. The summed E-state index contributed by atoms with van der Waals surface area (Å²) in [5.74, 6) is -0.232. The molecule has 4 rings (SSSR count). The van der Waals surface area contributed by atoms with Crippen molar-refractivity contribution in [3.05, 3.63) is 120 Å². The first-order valence-electron chi connectivity index (χ1n) is 15.6. The lowest BCUT2D eigenvalue weighted by Gasteiger charge is -2.34. The van der Waals surface area contributed by atoms with E-state index in [0.29, 0.717) is 17.9 Å². The molecule has 2 amide bonds. The van der Waals surface area contributed by atoms with E-state index in [2.05, 4.69) is 5.32 Å². The minimum Gasteiger partial charge on any atom is -0.493 e. The van der Waals surface area contributed by atoms with Crippen molar-refractivity contribution in [1.82, 2.24) is 10.2 Å². The van der Waals surface area contributed by atoms with Crippen molar-refractivity contribution >= 4 is 27.5 Å². The molecule has 0 radical (unpaired) electrons. The van der Waals surface area contributed by atoms with E-state index >= 15 is 0 Å². The molecule has 248 valence electrons. The van der Waals surface area contributed by atoms with Crippen LogP contribution < -0.4 is 19.1 Å². The number of carbonyl (C=O) groups excluding carboxylic acids is 2. The molecule has 0 saturated heterocycles. The topological polar surface area (TPSA) is 105 Å². The second-order valence-electron chi connectivity index (χ2n) is 11.4. The number of hydrogen-bond donors (Lipinski definition) is 1. The molecule has 1 N–H and O–H groups in total. The number of nitrogens with one attached hydrogen (secondary N) is 1.